The molecule has 1 aromatic heterocycles. The predicted octanol–water partition coefficient (Wildman–Crippen LogP) is 3.25. The molecule has 0 atom stereocenters. The number of nitrogens with zero attached hydrogens (tertiary/aromatic N) is 3. The predicted molar refractivity (Wildman–Crippen MR) is 91.4 cm³/mol. The van der Waals surface area contributed by atoms with Crippen LogP contribution in [-0.2, 0) is 6.54 Å². The number of amides is 2. The molecule has 2 fully saturated rings. The first-order chi connectivity index (χ1) is 11.1. The van der Waals surface area contributed by atoms with Gasteiger partial charge in [-0.05, 0) is 45.4 Å². The van der Waals surface area contributed by atoms with Crippen LogP contribution in [0.1, 0.15) is 56.5 Å². The van der Waals surface area contributed by atoms with Crippen LogP contribution >= 0.6 is 0 Å². The first kappa shape index (κ1) is 16.3. The fourth-order valence-electron chi connectivity index (χ4n) is 3.95. The Morgan fingerprint density at radius 2 is 1.87 bits per heavy atom. The molecule has 1 N–H and O–H groups in total. The lowest BCUT2D eigenvalue weighted by atomic mass is 9.95. The number of piperidine rings is 1. The Kier molecular flexibility index (Phi) is 5.23. The molecule has 1 aromatic rings. The van der Waals surface area contributed by atoms with Crippen LogP contribution in [-0.4, -0.2) is 39.6 Å². The summed E-state index contributed by atoms with van der Waals surface area (Å²) in [7, 11) is 0. The highest BCUT2D eigenvalue weighted by Gasteiger charge is 2.25. The molecule has 2 aliphatic rings. The van der Waals surface area contributed by atoms with Gasteiger partial charge in [-0.2, -0.15) is 0 Å². The summed E-state index contributed by atoms with van der Waals surface area (Å²) < 4.78 is 2.31. The van der Waals surface area contributed by atoms with Gasteiger partial charge in [-0.3, -0.25) is 0 Å². The van der Waals surface area contributed by atoms with Crippen molar-refractivity contribution >= 4 is 6.03 Å². The molecule has 0 aromatic carbocycles. The Balaban J connectivity index is 1.45. The molecule has 23 heavy (non-hydrogen) atoms. The molecule has 2 amide bonds. The Bertz CT molecular complexity index is 506. The number of carbonyl (C=O) groups is 1. The standard InChI is InChI=1S/C18H30N4O/c1-14-12-19-15(2)22(14)13-16-8-10-21(11-9-16)18(23)20-17-6-4-3-5-7-17/h12,16-17H,3-11,13H2,1-2H3,(H,20,23). The smallest absolute Gasteiger partial charge is 0.317 e. The second-order valence-electron chi connectivity index (χ2n) is 7.27. The molecule has 0 unspecified atom stereocenters. The number of aryl methyl sites for hydroxylation is 2. The number of aromatic nitrogens is 2. The van der Waals surface area contributed by atoms with Crippen LogP contribution < -0.4 is 5.32 Å². The van der Waals surface area contributed by atoms with Crippen LogP contribution in [0.15, 0.2) is 6.20 Å². The van der Waals surface area contributed by atoms with Gasteiger partial charge in [0.15, 0.2) is 0 Å². The molecule has 2 heterocycles. The van der Waals surface area contributed by atoms with Crippen LogP contribution in [0, 0.1) is 19.8 Å². The van der Waals surface area contributed by atoms with Crippen LogP contribution in [0.3, 0.4) is 0 Å². The van der Waals surface area contributed by atoms with Gasteiger partial charge in [-0.1, -0.05) is 19.3 Å². The molecule has 0 bridgehead atoms. The van der Waals surface area contributed by atoms with E-state index in [2.05, 4.69) is 28.7 Å². The van der Waals surface area contributed by atoms with E-state index in [-0.39, 0.29) is 6.03 Å². The zero-order valence-corrected chi connectivity index (χ0v) is 14.6. The molecule has 3 rings (SSSR count). The second kappa shape index (κ2) is 7.37. The fourth-order valence-corrected chi connectivity index (χ4v) is 3.95. The minimum absolute atomic E-state index is 0.158. The summed E-state index contributed by atoms with van der Waals surface area (Å²) in [5.41, 5.74) is 1.24. The molecule has 1 saturated carbocycles. The minimum atomic E-state index is 0.158. The zero-order chi connectivity index (χ0) is 16.2. The topological polar surface area (TPSA) is 50.2 Å². The number of hydrogen-bond acceptors (Lipinski definition) is 2. The number of carbonyl (C=O) groups excluding carboxylic acids is 1. The van der Waals surface area contributed by atoms with E-state index in [1.54, 1.807) is 0 Å². The Morgan fingerprint density at radius 1 is 1.17 bits per heavy atom. The number of nitrogens with one attached hydrogen (secondary N) is 1. The van der Waals surface area contributed by atoms with Gasteiger partial charge in [0.25, 0.3) is 0 Å². The fraction of sp³-hybridized carbons (Fsp3) is 0.778. The minimum Gasteiger partial charge on any atom is -0.335 e. The van der Waals surface area contributed by atoms with Crippen LogP contribution in [0.5, 0.6) is 0 Å². The number of urea groups is 1. The summed E-state index contributed by atoms with van der Waals surface area (Å²) in [6.07, 6.45) is 10.3. The number of rotatable bonds is 3. The molecular weight excluding hydrogens is 288 g/mol. The summed E-state index contributed by atoms with van der Waals surface area (Å²) in [6.45, 7) is 6.99. The van der Waals surface area contributed by atoms with E-state index in [0.29, 0.717) is 12.0 Å². The zero-order valence-electron chi connectivity index (χ0n) is 14.6. The van der Waals surface area contributed by atoms with Gasteiger partial charge < -0.3 is 14.8 Å². The average molecular weight is 318 g/mol. The van der Waals surface area contributed by atoms with Crippen molar-refractivity contribution in [2.75, 3.05) is 13.1 Å². The summed E-state index contributed by atoms with van der Waals surface area (Å²) in [6, 6.07) is 0.565. The number of hydrogen-bond donors (Lipinski definition) is 1. The van der Waals surface area contributed by atoms with Gasteiger partial charge in [0.1, 0.15) is 5.82 Å². The highest BCUT2D eigenvalue weighted by Crippen LogP contribution is 2.22. The van der Waals surface area contributed by atoms with Crippen LogP contribution in [0.2, 0.25) is 0 Å². The van der Waals surface area contributed by atoms with E-state index in [4.69, 9.17) is 0 Å². The van der Waals surface area contributed by atoms with Crippen molar-refractivity contribution in [2.45, 2.75) is 71.4 Å². The van der Waals surface area contributed by atoms with Crippen molar-refractivity contribution in [2.24, 2.45) is 5.92 Å². The van der Waals surface area contributed by atoms with Crippen molar-refractivity contribution in [3.8, 4) is 0 Å². The highest BCUT2D eigenvalue weighted by atomic mass is 16.2. The quantitative estimate of drug-likeness (QED) is 0.930. The van der Waals surface area contributed by atoms with Gasteiger partial charge in [0.2, 0.25) is 0 Å². The van der Waals surface area contributed by atoms with Crippen molar-refractivity contribution < 1.29 is 4.79 Å². The van der Waals surface area contributed by atoms with Crippen LogP contribution in [0.4, 0.5) is 4.79 Å². The summed E-state index contributed by atoms with van der Waals surface area (Å²) >= 11 is 0. The number of imidazole rings is 1. The maximum absolute atomic E-state index is 12.4. The average Bonchev–Trinajstić information content (AvgIpc) is 2.88. The van der Waals surface area contributed by atoms with Gasteiger partial charge in [0.05, 0.1) is 0 Å². The van der Waals surface area contributed by atoms with E-state index in [1.807, 2.05) is 11.1 Å². The molecule has 5 nitrogen and oxygen atoms in total. The van der Waals surface area contributed by atoms with Crippen molar-refractivity contribution in [1.29, 1.82) is 0 Å². The third-order valence-corrected chi connectivity index (χ3v) is 5.53. The Hall–Kier alpha value is -1.52. The molecular formula is C18H30N4O. The molecule has 1 saturated heterocycles. The SMILES string of the molecule is Cc1cnc(C)n1CC1CCN(C(=O)NC2CCCCC2)CC1. The lowest BCUT2D eigenvalue weighted by Gasteiger charge is -2.34. The van der Waals surface area contributed by atoms with Gasteiger partial charge in [-0.25, -0.2) is 9.78 Å². The monoisotopic (exact) mass is 318 g/mol. The van der Waals surface area contributed by atoms with E-state index in [9.17, 15) is 4.79 Å². The van der Waals surface area contributed by atoms with Crippen molar-refractivity contribution in [3.05, 3.63) is 17.7 Å². The third kappa shape index (κ3) is 4.06. The van der Waals surface area contributed by atoms with Crippen molar-refractivity contribution in [3.63, 3.8) is 0 Å². The lowest BCUT2D eigenvalue weighted by molar-refractivity contribution is 0.159. The van der Waals surface area contributed by atoms with Gasteiger partial charge in [-0.15, -0.1) is 0 Å². The normalized spacial score (nSPS) is 20.7. The molecule has 128 valence electrons. The molecule has 1 aliphatic heterocycles. The van der Waals surface area contributed by atoms with E-state index in [0.717, 1.165) is 51.1 Å². The Labute approximate surface area is 139 Å². The van der Waals surface area contributed by atoms with E-state index < -0.39 is 0 Å². The first-order valence-electron chi connectivity index (χ1n) is 9.17. The van der Waals surface area contributed by atoms with E-state index in [1.165, 1.54) is 25.0 Å². The maximum atomic E-state index is 12.4. The summed E-state index contributed by atoms with van der Waals surface area (Å²) in [5.74, 6) is 1.75. The van der Waals surface area contributed by atoms with Gasteiger partial charge in [0, 0.05) is 37.6 Å². The third-order valence-electron chi connectivity index (χ3n) is 5.53. The van der Waals surface area contributed by atoms with Gasteiger partial charge >= 0.3 is 6.03 Å². The van der Waals surface area contributed by atoms with Crippen LogP contribution in [0.25, 0.3) is 0 Å². The highest BCUT2D eigenvalue weighted by molar-refractivity contribution is 5.74. The molecule has 0 radical (unpaired) electrons. The first-order valence-corrected chi connectivity index (χ1v) is 9.17. The van der Waals surface area contributed by atoms with E-state index >= 15 is 0 Å². The van der Waals surface area contributed by atoms with Crippen molar-refractivity contribution in [1.82, 2.24) is 19.8 Å². The summed E-state index contributed by atoms with van der Waals surface area (Å²) in [4.78, 5) is 18.8. The Morgan fingerprint density at radius 3 is 2.48 bits per heavy atom. The number of likely N-dealkylation sites (tertiary alicyclic amines) is 1. The molecule has 5 heteroatoms. The summed E-state index contributed by atoms with van der Waals surface area (Å²) in [5, 5.41) is 3.24. The molecule has 0 spiro atoms. The molecule has 1 aliphatic carbocycles. The largest absolute Gasteiger partial charge is 0.335 e. The maximum Gasteiger partial charge on any atom is 0.317 e. The second-order valence-corrected chi connectivity index (χ2v) is 7.27. The lowest BCUT2D eigenvalue weighted by Crippen LogP contribution is -2.48.